The number of nitrogens with one attached hydrogen (secondary N) is 1. The van der Waals surface area contributed by atoms with Gasteiger partial charge in [0, 0.05) is 31.4 Å². The lowest BCUT2D eigenvalue weighted by atomic mass is 10.1. The Hall–Kier alpha value is -3.29. The van der Waals surface area contributed by atoms with E-state index in [1.54, 1.807) is 17.2 Å². The normalized spacial score (nSPS) is 15.3. The molecule has 1 unspecified atom stereocenters. The number of likely N-dealkylation sites (tertiary alicyclic amines) is 1. The minimum Gasteiger partial charge on any atom is -0.341 e. The fraction of sp³-hybridized carbons (Fsp3) is 0.316. The largest absolute Gasteiger partial charge is 0.341 e. The number of rotatable bonds is 5. The summed E-state index contributed by atoms with van der Waals surface area (Å²) in [7, 11) is 0. The van der Waals surface area contributed by atoms with E-state index >= 15 is 0 Å². The van der Waals surface area contributed by atoms with E-state index in [1.807, 2.05) is 37.3 Å². The van der Waals surface area contributed by atoms with Gasteiger partial charge in [0.1, 0.15) is 0 Å². The van der Waals surface area contributed by atoms with Crippen molar-refractivity contribution in [2.24, 2.45) is 0 Å². The average Bonchev–Trinajstić information content (AvgIpc) is 3.29. The molecule has 3 heterocycles. The monoisotopic (exact) mass is 364 g/mol. The van der Waals surface area contributed by atoms with Crippen molar-refractivity contribution in [2.75, 3.05) is 13.1 Å². The summed E-state index contributed by atoms with van der Waals surface area (Å²) in [5.74, 6) is 0.174. The molecule has 1 aromatic carbocycles. The van der Waals surface area contributed by atoms with Gasteiger partial charge < -0.3 is 10.2 Å². The Morgan fingerprint density at radius 2 is 2.07 bits per heavy atom. The second kappa shape index (κ2) is 7.14. The van der Waals surface area contributed by atoms with Crippen molar-refractivity contribution >= 4 is 17.6 Å². The summed E-state index contributed by atoms with van der Waals surface area (Å²) in [6.07, 6.45) is 3.05. The maximum absolute atomic E-state index is 12.8. The molecule has 0 spiro atoms. The van der Waals surface area contributed by atoms with Gasteiger partial charge in [0.2, 0.25) is 11.7 Å². The van der Waals surface area contributed by atoms with E-state index in [0.29, 0.717) is 25.3 Å². The van der Waals surface area contributed by atoms with E-state index in [4.69, 9.17) is 0 Å². The summed E-state index contributed by atoms with van der Waals surface area (Å²) in [6.45, 7) is 3.02. The first-order valence-corrected chi connectivity index (χ1v) is 8.94. The van der Waals surface area contributed by atoms with E-state index in [-0.39, 0.29) is 23.7 Å². The van der Waals surface area contributed by atoms with Crippen LogP contribution >= 0.6 is 0 Å². The third kappa shape index (κ3) is 3.51. The predicted molar refractivity (Wildman–Crippen MR) is 98.0 cm³/mol. The molecule has 2 aromatic heterocycles. The molecule has 1 fully saturated rings. The molecule has 0 saturated carbocycles. The highest BCUT2D eigenvalue weighted by Gasteiger charge is 2.26. The van der Waals surface area contributed by atoms with Crippen LogP contribution in [0.5, 0.6) is 0 Å². The van der Waals surface area contributed by atoms with Crippen LogP contribution in [0.1, 0.15) is 40.8 Å². The number of amides is 2. The SMILES string of the molecule is Cc1ccnc2nc(C(=O)NC(CN3CCCC3=O)c3ccccc3)nn12. The molecule has 4 rings (SSSR count). The smallest absolute Gasteiger partial charge is 0.291 e. The average molecular weight is 364 g/mol. The molecular weight excluding hydrogens is 344 g/mol. The van der Waals surface area contributed by atoms with Crippen LogP contribution in [0.15, 0.2) is 42.6 Å². The number of carbonyl (C=O) groups excluding carboxylic acids is 2. The molecular formula is C19H20N6O2. The Morgan fingerprint density at radius 1 is 1.26 bits per heavy atom. The van der Waals surface area contributed by atoms with Crippen LogP contribution in [0.25, 0.3) is 5.78 Å². The minimum absolute atomic E-state index is 0.0606. The number of hydrogen-bond acceptors (Lipinski definition) is 5. The first-order valence-electron chi connectivity index (χ1n) is 8.94. The number of aryl methyl sites for hydroxylation is 1. The molecule has 8 nitrogen and oxygen atoms in total. The van der Waals surface area contributed by atoms with Crippen LogP contribution in [0.4, 0.5) is 0 Å². The van der Waals surface area contributed by atoms with E-state index < -0.39 is 0 Å². The van der Waals surface area contributed by atoms with Crippen molar-refractivity contribution in [3.8, 4) is 0 Å². The van der Waals surface area contributed by atoms with Crippen molar-refractivity contribution in [1.82, 2.24) is 29.8 Å². The Labute approximate surface area is 156 Å². The quantitative estimate of drug-likeness (QED) is 0.741. The Balaban J connectivity index is 1.58. The van der Waals surface area contributed by atoms with E-state index in [0.717, 1.165) is 17.7 Å². The molecule has 3 aromatic rings. The molecule has 1 aliphatic heterocycles. The number of nitrogens with zero attached hydrogens (tertiary/aromatic N) is 5. The third-order valence-electron chi connectivity index (χ3n) is 4.71. The van der Waals surface area contributed by atoms with Crippen LogP contribution < -0.4 is 5.32 Å². The van der Waals surface area contributed by atoms with Gasteiger partial charge in [-0.2, -0.15) is 4.98 Å². The lowest BCUT2D eigenvalue weighted by molar-refractivity contribution is -0.128. The zero-order chi connectivity index (χ0) is 18.8. The standard InChI is InChI=1S/C19H20N6O2/c1-13-9-10-20-19-22-17(23-25(13)19)18(27)21-15(14-6-3-2-4-7-14)12-24-11-5-8-16(24)26/h2-4,6-7,9-10,15H,5,8,11-12H2,1H3,(H,21,27). The minimum atomic E-state index is -0.389. The van der Waals surface area contributed by atoms with Crippen molar-refractivity contribution in [3.05, 3.63) is 59.7 Å². The molecule has 1 atom stereocenters. The van der Waals surface area contributed by atoms with Crippen molar-refractivity contribution in [1.29, 1.82) is 0 Å². The molecule has 1 aliphatic rings. The number of hydrogen-bond donors (Lipinski definition) is 1. The summed E-state index contributed by atoms with van der Waals surface area (Å²) in [4.78, 5) is 35.0. The Bertz CT molecular complexity index is 984. The third-order valence-corrected chi connectivity index (χ3v) is 4.71. The Kier molecular flexibility index (Phi) is 4.53. The maximum Gasteiger partial charge on any atom is 0.291 e. The molecule has 138 valence electrons. The van der Waals surface area contributed by atoms with Crippen LogP contribution in [0, 0.1) is 6.92 Å². The summed E-state index contributed by atoms with van der Waals surface area (Å²) < 4.78 is 1.54. The van der Waals surface area contributed by atoms with Crippen LogP contribution in [0.2, 0.25) is 0 Å². The van der Waals surface area contributed by atoms with Crippen LogP contribution in [-0.4, -0.2) is 49.4 Å². The van der Waals surface area contributed by atoms with Gasteiger partial charge >= 0.3 is 0 Å². The van der Waals surface area contributed by atoms with Crippen LogP contribution in [0.3, 0.4) is 0 Å². The van der Waals surface area contributed by atoms with Crippen molar-refractivity contribution in [2.45, 2.75) is 25.8 Å². The molecule has 8 heteroatoms. The van der Waals surface area contributed by atoms with E-state index in [1.165, 1.54) is 4.52 Å². The molecule has 2 amide bonds. The van der Waals surface area contributed by atoms with Crippen molar-refractivity contribution < 1.29 is 9.59 Å². The number of carbonyl (C=O) groups is 2. The van der Waals surface area contributed by atoms with E-state index in [9.17, 15) is 9.59 Å². The van der Waals surface area contributed by atoms with Gasteiger partial charge in [0.15, 0.2) is 0 Å². The zero-order valence-corrected chi connectivity index (χ0v) is 15.0. The maximum atomic E-state index is 12.8. The highest BCUT2D eigenvalue weighted by Crippen LogP contribution is 2.19. The molecule has 0 radical (unpaired) electrons. The summed E-state index contributed by atoms with van der Waals surface area (Å²) in [5.41, 5.74) is 1.78. The molecule has 1 saturated heterocycles. The lowest BCUT2D eigenvalue weighted by Crippen LogP contribution is -2.39. The van der Waals surface area contributed by atoms with E-state index in [2.05, 4.69) is 20.4 Å². The highest BCUT2D eigenvalue weighted by molar-refractivity contribution is 5.91. The number of benzene rings is 1. The van der Waals surface area contributed by atoms with Gasteiger partial charge in [0.25, 0.3) is 11.7 Å². The second-order valence-corrected chi connectivity index (χ2v) is 6.61. The molecule has 1 N–H and O–H groups in total. The lowest BCUT2D eigenvalue weighted by Gasteiger charge is -2.24. The first kappa shape index (κ1) is 17.1. The first-order chi connectivity index (χ1) is 13.1. The molecule has 27 heavy (non-hydrogen) atoms. The topological polar surface area (TPSA) is 92.5 Å². The fourth-order valence-corrected chi connectivity index (χ4v) is 3.26. The predicted octanol–water partition coefficient (Wildman–Crippen LogP) is 1.53. The zero-order valence-electron chi connectivity index (χ0n) is 15.0. The van der Waals surface area contributed by atoms with Gasteiger partial charge in [-0.3, -0.25) is 9.59 Å². The second-order valence-electron chi connectivity index (χ2n) is 6.61. The van der Waals surface area contributed by atoms with Gasteiger partial charge in [-0.05, 0) is 25.0 Å². The number of aromatic nitrogens is 4. The van der Waals surface area contributed by atoms with Gasteiger partial charge in [0.05, 0.1) is 6.04 Å². The highest BCUT2D eigenvalue weighted by atomic mass is 16.2. The Morgan fingerprint density at radius 3 is 2.78 bits per heavy atom. The van der Waals surface area contributed by atoms with Crippen molar-refractivity contribution in [3.63, 3.8) is 0 Å². The fourth-order valence-electron chi connectivity index (χ4n) is 3.26. The molecule has 0 bridgehead atoms. The van der Waals surface area contributed by atoms with Crippen LogP contribution in [-0.2, 0) is 4.79 Å². The number of fused-ring (bicyclic) bond motifs is 1. The van der Waals surface area contributed by atoms with Gasteiger partial charge in [-0.1, -0.05) is 30.3 Å². The summed E-state index contributed by atoms with van der Waals surface area (Å²) in [5, 5.41) is 7.23. The molecule has 0 aliphatic carbocycles. The summed E-state index contributed by atoms with van der Waals surface area (Å²) in [6, 6.07) is 11.1. The summed E-state index contributed by atoms with van der Waals surface area (Å²) >= 11 is 0. The van der Waals surface area contributed by atoms with Gasteiger partial charge in [-0.15, -0.1) is 5.10 Å². The van der Waals surface area contributed by atoms with Gasteiger partial charge in [-0.25, -0.2) is 9.50 Å².